The summed E-state index contributed by atoms with van der Waals surface area (Å²) in [7, 11) is 3.34. The van der Waals surface area contributed by atoms with Crippen LogP contribution in [0.15, 0.2) is 47.4 Å². The minimum atomic E-state index is 0.279. The van der Waals surface area contributed by atoms with Gasteiger partial charge in [-0.1, -0.05) is 30.3 Å². The zero-order valence-corrected chi connectivity index (χ0v) is 12.4. The van der Waals surface area contributed by atoms with E-state index in [1.54, 1.807) is 14.2 Å². The van der Waals surface area contributed by atoms with E-state index in [1.165, 1.54) is 16.0 Å². The van der Waals surface area contributed by atoms with Gasteiger partial charge in [0.2, 0.25) is 0 Å². The maximum Gasteiger partial charge on any atom is 0.161 e. The van der Waals surface area contributed by atoms with Crippen molar-refractivity contribution in [1.82, 2.24) is 5.32 Å². The van der Waals surface area contributed by atoms with Gasteiger partial charge in [0, 0.05) is 11.4 Å². The SMILES string of the molecule is COc1cc2c(cc1OC)SC(c1ccccc1)NC2. The molecule has 1 unspecified atom stereocenters. The van der Waals surface area contributed by atoms with Crippen LogP contribution in [0.25, 0.3) is 0 Å². The highest BCUT2D eigenvalue weighted by Gasteiger charge is 2.22. The summed E-state index contributed by atoms with van der Waals surface area (Å²) in [6.07, 6.45) is 0. The van der Waals surface area contributed by atoms with E-state index in [0.29, 0.717) is 0 Å². The van der Waals surface area contributed by atoms with Crippen molar-refractivity contribution in [2.45, 2.75) is 16.8 Å². The first-order valence-corrected chi connectivity index (χ1v) is 7.39. The van der Waals surface area contributed by atoms with Gasteiger partial charge in [0.15, 0.2) is 11.5 Å². The van der Waals surface area contributed by atoms with Crippen molar-refractivity contribution in [3.63, 3.8) is 0 Å². The summed E-state index contributed by atoms with van der Waals surface area (Å²) >= 11 is 1.81. The molecule has 0 aliphatic carbocycles. The van der Waals surface area contributed by atoms with Gasteiger partial charge in [0.05, 0.1) is 19.6 Å². The van der Waals surface area contributed by atoms with E-state index in [-0.39, 0.29) is 5.37 Å². The van der Waals surface area contributed by atoms with Crippen LogP contribution in [0.5, 0.6) is 11.5 Å². The highest BCUT2D eigenvalue weighted by Crippen LogP contribution is 2.43. The molecule has 0 spiro atoms. The van der Waals surface area contributed by atoms with Gasteiger partial charge >= 0.3 is 0 Å². The summed E-state index contributed by atoms with van der Waals surface area (Å²) in [5.41, 5.74) is 2.54. The number of thioether (sulfide) groups is 1. The summed E-state index contributed by atoms with van der Waals surface area (Å²) in [6, 6.07) is 14.6. The van der Waals surface area contributed by atoms with Crippen LogP contribution in [0.1, 0.15) is 16.5 Å². The highest BCUT2D eigenvalue weighted by atomic mass is 32.2. The molecule has 0 bridgehead atoms. The molecule has 1 aliphatic rings. The average Bonchev–Trinajstić information content (AvgIpc) is 2.53. The van der Waals surface area contributed by atoms with Crippen LogP contribution in [0, 0.1) is 0 Å². The Labute approximate surface area is 123 Å². The Kier molecular flexibility index (Phi) is 3.85. The second-order valence-electron chi connectivity index (χ2n) is 4.60. The molecule has 20 heavy (non-hydrogen) atoms. The third-order valence-corrected chi connectivity index (χ3v) is 4.70. The molecule has 3 nitrogen and oxygen atoms in total. The van der Waals surface area contributed by atoms with Gasteiger partial charge in [-0.05, 0) is 23.3 Å². The maximum atomic E-state index is 5.38. The topological polar surface area (TPSA) is 30.5 Å². The van der Waals surface area contributed by atoms with Crippen molar-refractivity contribution in [2.75, 3.05) is 14.2 Å². The number of methoxy groups -OCH3 is 2. The first-order chi connectivity index (χ1) is 9.81. The second-order valence-corrected chi connectivity index (χ2v) is 5.75. The Morgan fingerprint density at radius 1 is 1.05 bits per heavy atom. The molecule has 0 fully saturated rings. The average molecular weight is 287 g/mol. The van der Waals surface area contributed by atoms with Crippen molar-refractivity contribution >= 4 is 11.8 Å². The molecule has 1 heterocycles. The van der Waals surface area contributed by atoms with Crippen LogP contribution in [0.3, 0.4) is 0 Å². The number of fused-ring (bicyclic) bond motifs is 1. The van der Waals surface area contributed by atoms with Crippen molar-refractivity contribution in [1.29, 1.82) is 0 Å². The summed E-state index contributed by atoms with van der Waals surface area (Å²) in [5, 5.41) is 3.83. The fraction of sp³-hybridized carbons (Fsp3) is 0.250. The Morgan fingerprint density at radius 3 is 2.45 bits per heavy atom. The quantitative estimate of drug-likeness (QED) is 0.934. The molecule has 0 saturated heterocycles. The van der Waals surface area contributed by atoms with E-state index in [9.17, 15) is 0 Å². The lowest BCUT2D eigenvalue weighted by atomic mass is 10.1. The molecule has 1 aliphatic heterocycles. The number of hydrogen-bond donors (Lipinski definition) is 1. The van der Waals surface area contributed by atoms with Crippen LogP contribution in [0.4, 0.5) is 0 Å². The van der Waals surface area contributed by atoms with Crippen LogP contribution in [-0.2, 0) is 6.54 Å². The maximum absolute atomic E-state index is 5.38. The van der Waals surface area contributed by atoms with Crippen LogP contribution < -0.4 is 14.8 Å². The molecule has 0 saturated carbocycles. The smallest absolute Gasteiger partial charge is 0.161 e. The molecule has 0 radical (unpaired) electrons. The van der Waals surface area contributed by atoms with E-state index in [2.05, 4.69) is 41.7 Å². The summed E-state index contributed by atoms with van der Waals surface area (Å²) in [5.74, 6) is 1.57. The number of hydrogen-bond acceptors (Lipinski definition) is 4. The van der Waals surface area contributed by atoms with Gasteiger partial charge in [-0.3, -0.25) is 5.32 Å². The second kappa shape index (κ2) is 5.77. The van der Waals surface area contributed by atoms with Gasteiger partial charge < -0.3 is 9.47 Å². The number of rotatable bonds is 3. The Hall–Kier alpha value is -1.65. The third kappa shape index (κ3) is 2.49. The predicted molar refractivity (Wildman–Crippen MR) is 81.4 cm³/mol. The molecule has 2 aromatic carbocycles. The van der Waals surface area contributed by atoms with Crippen molar-refractivity contribution < 1.29 is 9.47 Å². The lowest BCUT2D eigenvalue weighted by Gasteiger charge is -2.26. The predicted octanol–water partition coefficient (Wildman–Crippen LogP) is 3.60. The first-order valence-electron chi connectivity index (χ1n) is 6.51. The number of nitrogens with one attached hydrogen (secondary N) is 1. The fourth-order valence-electron chi connectivity index (χ4n) is 2.34. The standard InChI is InChI=1S/C16H17NO2S/c1-18-13-8-12-10-17-16(11-6-4-3-5-7-11)20-15(12)9-14(13)19-2/h3-9,16-17H,10H2,1-2H3. The van der Waals surface area contributed by atoms with Crippen molar-refractivity contribution in [2.24, 2.45) is 0 Å². The minimum Gasteiger partial charge on any atom is -0.493 e. The summed E-state index contributed by atoms with van der Waals surface area (Å²) in [4.78, 5) is 1.25. The molecule has 4 heteroatoms. The van der Waals surface area contributed by atoms with Crippen molar-refractivity contribution in [3.8, 4) is 11.5 Å². The molecular formula is C16H17NO2S. The van der Waals surface area contributed by atoms with Gasteiger partial charge in [0.25, 0.3) is 0 Å². The Balaban J connectivity index is 1.91. The Bertz CT molecular complexity index is 601. The van der Waals surface area contributed by atoms with Crippen LogP contribution in [-0.4, -0.2) is 14.2 Å². The first kappa shape index (κ1) is 13.3. The summed E-state index contributed by atoms with van der Waals surface area (Å²) < 4.78 is 10.7. The van der Waals surface area contributed by atoms with Crippen LogP contribution in [0.2, 0.25) is 0 Å². The molecule has 1 atom stereocenters. The lowest BCUT2D eigenvalue weighted by Crippen LogP contribution is -2.22. The number of benzene rings is 2. The highest BCUT2D eigenvalue weighted by molar-refractivity contribution is 7.99. The molecule has 3 rings (SSSR count). The molecule has 1 N–H and O–H groups in total. The lowest BCUT2D eigenvalue weighted by molar-refractivity contribution is 0.353. The van der Waals surface area contributed by atoms with Gasteiger partial charge in [-0.2, -0.15) is 0 Å². The fourth-order valence-corrected chi connectivity index (χ4v) is 3.51. The third-order valence-electron chi connectivity index (χ3n) is 3.39. The molecular weight excluding hydrogens is 270 g/mol. The van der Waals surface area contributed by atoms with Gasteiger partial charge in [-0.15, -0.1) is 11.8 Å². The monoisotopic (exact) mass is 287 g/mol. The normalized spacial score (nSPS) is 17.4. The van der Waals surface area contributed by atoms with E-state index >= 15 is 0 Å². The van der Waals surface area contributed by atoms with E-state index in [1.807, 2.05) is 17.8 Å². The van der Waals surface area contributed by atoms with E-state index in [0.717, 1.165) is 18.0 Å². The molecule has 0 amide bonds. The minimum absolute atomic E-state index is 0.279. The number of ether oxygens (including phenoxy) is 2. The Morgan fingerprint density at radius 2 is 1.75 bits per heavy atom. The van der Waals surface area contributed by atoms with Gasteiger partial charge in [-0.25, -0.2) is 0 Å². The van der Waals surface area contributed by atoms with E-state index < -0.39 is 0 Å². The molecule has 104 valence electrons. The van der Waals surface area contributed by atoms with Crippen LogP contribution >= 0.6 is 11.8 Å². The zero-order chi connectivity index (χ0) is 13.9. The largest absolute Gasteiger partial charge is 0.493 e. The van der Waals surface area contributed by atoms with Gasteiger partial charge in [0.1, 0.15) is 0 Å². The van der Waals surface area contributed by atoms with Crippen molar-refractivity contribution in [3.05, 3.63) is 53.6 Å². The van der Waals surface area contributed by atoms with E-state index in [4.69, 9.17) is 9.47 Å². The molecule has 0 aromatic heterocycles. The summed E-state index contributed by atoms with van der Waals surface area (Å²) in [6.45, 7) is 0.836. The molecule has 2 aromatic rings. The zero-order valence-electron chi connectivity index (χ0n) is 11.6.